The van der Waals surface area contributed by atoms with Gasteiger partial charge in [-0.2, -0.15) is 0 Å². The number of aromatic nitrogens is 2. The van der Waals surface area contributed by atoms with Crippen LogP contribution in [0.2, 0.25) is 0 Å². The summed E-state index contributed by atoms with van der Waals surface area (Å²) in [5.74, 6) is 6.24. The van der Waals surface area contributed by atoms with Gasteiger partial charge in [-0.1, -0.05) is 6.42 Å². The summed E-state index contributed by atoms with van der Waals surface area (Å²) in [5, 5.41) is 0. The normalized spacial score (nSPS) is 15.0. The maximum absolute atomic E-state index is 12.3. The smallest absolute Gasteiger partial charge is 0.274 e. The first-order valence-corrected chi connectivity index (χ1v) is 6.32. The van der Waals surface area contributed by atoms with Crippen LogP contribution in [0, 0.1) is 5.92 Å². The van der Waals surface area contributed by atoms with Gasteiger partial charge in [-0.15, -0.1) is 0 Å². The highest BCUT2D eigenvalue weighted by atomic mass is 16.2. The van der Waals surface area contributed by atoms with Crippen LogP contribution in [-0.4, -0.2) is 33.9 Å². The van der Waals surface area contributed by atoms with Crippen molar-refractivity contribution in [2.45, 2.75) is 26.2 Å². The van der Waals surface area contributed by atoms with Crippen LogP contribution in [0.4, 0.5) is 5.82 Å². The van der Waals surface area contributed by atoms with Crippen LogP contribution in [0.1, 0.15) is 36.7 Å². The zero-order valence-corrected chi connectivity index (χ0v) is 10.6. The zero-order chi connectivity index (χ0) is 13.0. The number of hydrogen-bond acceptors (Lipinski definition) is 5. The molecular weight excluding hydrogens is 230 g/mol. The summed E-state index contributed by atoms with van der Waals surface area (Å²) in [4.78, 5) is 22.2. The number of nitrogens with zero attached hydrogens (tertiary/aromatic N) is 3. The molecule has 1 aromatic heterocycles. The molecule has 0 spiro atoms. The minimum atomic E-state index is -0.0750. The van der Waals surface area contributed by atoms with Crippen molar-refractivity contribution >= 4 is 11.7 Å². The van der Waals surface area contributed by atoms with E-state index in [1.807, 2.05) is 11.8 Å². The number of nitrogens with two attached hydrogens (primary N) is 1. The minimum Gasteiger partial charge on any atom is -0.337 e. The molecule has 2 rings (SSSR count). The highest BCUT2D eigenvalue weighted by Gasteiger charge is 2.24. The zero-order valence-electron chi connectivity index (χ0n) is 10.6. The fraction of sp³-hybridized carbons (Fsp3) is 0.583. The molecule has 18 heavy (non-hydrogen) atoms. The summed E-state index contributed by atoms with van der Waals surface area (Å²) in [6, 6.07) is 0. The van der Waals surface area contributed by atoms with Crippen LogP contribution in [0.3, 0.4) is 0 Å². The van der Waals surface area contributed by atoms with E-state index in [0.717, 1.165) is 6.54 Å². The van der Waals surface area contributed by atoms with Crippen molar-refractivity contribution < 1.29 is 4.79 Å². The highest BCUT2D eigenvalue weighted by Crippen LogP contribution is 2.27. The molecule has 3 N–H and O–H groups in total. The lowest BCUT2D eigenvalue weighted by molar-refractivity contribution is 0.0700. The Morgan fingerprint density at radius 2 is 2.33 bits per heavy atom. The summed E-state index contributed by atoms with van der Waals surface area (Å²) in [5.41, 5.74) is 2.74. The topological polar surface area (TPSA) is 84.1 Å². The van der Waals surface area contributed by atoms with Gasteiger partial charge in [-0.05, 0) is 25.7 Å². The number of amides is 1. The lowest BCUT2D eigenvalue weighted by Crippen LogP contribution is -2.37. The Morgan fingerprint density at radius 1 is 1.56 bits per heavy atom. The van der Waals surface area contributed by atoms with Crippen molar-refractivity contribution in [1.29, 1.82) is 0 Å². The average Bonchev–Trinajstić information content (AvgIpc) is 2.37. The lowest BCUT2D eigenvalue weighted by atomic mass is 9.85. The summed E-state index contributed by atoms with van der Waals surface area (Å²) in [6.07, 6.45) is 6.69. The van der Waals surface area contributed by atoms with Gasteiger partial charge < -0.3 is 10.3 Å². The molecule has 1 saturated carbocycles. The highest BCUT2D eigenvalue weighted by molar-refractivity contribution is 5.92. The fourth-order valence-corrected chi connectivity index (χ4v) is 2.04. The molecule has 1 aliphatic rings. The predicted octanol–water partition coefficient (Wildman–Crippen LogP) is 1.02. The molecule has 1 aliphatic carbocycles. The van der Waals surface area contributed by atoms with Crippen molar-refractivity contribution in [3.63, 3.8) is 0 Å². The second-order valence-corrected chi connectivity index (χ2v) is 4.57. The van der Waals surface area contributed by atoms with E-state index in [9.17, 15) is 4.79 Å². The molecule has 98 valence electrons. The monoisotopic (exact) mass is 249 g/mol. The number of nitrogen functional groups attached to an aromatic ring is 1. The molecule has 6 nitrogen and oxygen atoms in total. The van der Waals surface area contributed by atoms with Crippen molar-refractivity contribution in [1.82, 2.24) is 14.9 Å². The number of carbonyl (C=O) groups excluding carboxylic acids is 1. The lowest BCUT2D eigenvalue weighted by Gasteiger charge is -2.31. The minimum absolute atomic E-state index is 0.0750. The molecule has 1 aromatic rings. The van der Waals surface area contributed by atoms with E-state index in [1.54, 1.807) is 0 Å². The van der Waals surface area contributed by atoms with Gasteiger partial charge in [0.15, 0.2) is 5.82 Å². The molecule has 0 unspecified atom stereocenters. The molecule has 1 amide bonds. The van der Waals surface area contributed by atoms with Gasteiger partial charge in [0, 0.05) is 13.1 Å². The molecule has 0 aromatic carbocycles. The Hall–Kier alpha value is -1.69. The number of hydrazine groups is 1. The van der Waals surface area contributed by atoms with Gasteiger partial charge in [-0.25, -0.2) is 10.8 Å². The second kappa shape index (κ2) is 5.77. The van der Waals surface area contributed by atoms with E-state index in [0.29, 0.717) is 24.0 Å². The molecule has 1 heterocycles. The Labute approximate surface area is 107 Å². The van der Waals surface area contributed by atoms with E-state index < -0.39 is 0 Å². The van der Waals surface area contributed by atoms with Crippen molar-refractivity contribution in [2.24, 2.45) is 11.8 Å². The van der Waals surface area contributed by atoms with E-state index in [1.165, 1.54) is 31.7 Å². The first-order valence-electron chi connectivity index (χ1n) is 6.32. The Kier molecular flexibility index (Phi) is 4.09. The van der Waals surface area contributed by atoms with Gasteiger partial charge in [-0.3, -0.25) is 9.78 Å². The summed E-state index contributed by atoms with van der Waals surface area (Å²) in [7, 11) is 0. The third-order valence-electron chi connectivity index (χ3n) is 3.37. The maximum atomic E-state index is 12.3. The largest absolute Gasteiger partial charge is 0.337 e. The van der Waals surface area contributed by atoms with Crippen LogP contribution in [0.15, 0.2) is 12.4 Å². The van der Waals surface area contributed by atoms with E-state index in [2.05, 4.69) is 15.4 Å². The van der Waals surface area contributed by atoms with Crippen molar-refractivity contribution in [3.05, 3.63) is 18.1 Å². The Balaban J connectivity index is 2.06. The van der Waals surface area contributed by atoms with Crippen LogP contribution in [0.25, 0.3) is 0 Å². The Bertz CT molecular complexity index is 419. The molecule has 6 heteroatoms. The third-order valence-corrected chi connectivity index (χ3v) is 3.37. The van der Waals surface area contributed by atoms with Crippen LogP contribution >= 0.6 is 0 Å². The van der Waals surface area contributed by atoms with E-state index >= 15 is 0 Å². The fourth-order valence-electron chi connectivity index (χ4n) is 2.04. The first kappa shape index (κ1) is 12.8. The maximum Gasteiger partial charge on any atom is 0.274 e. The van der Waals surface area contributed by atoms with Gasteiger partial charge in [0.05, 0.1) is 12.4 Å². The summed E-state index contributed by atoms with van der Waals surface area (Å²) < 4.78 is 0. The van der Waals surface area contributed by atoms with Crippen LogP contribution in [-0.2, 0) is 0 Å². The van der Waals surface area contributed by atoms with Gasteiger partial charge >= 0.3 is 0 Å². The molecule has 0 bridgehead atoms. The average molecular weight is 249 g/mol. The number of hydrogen-bond donors (Lipinski definition) is 2. The molecular formula is C12H19N5O. The molecule has 0 atom stereocenters. The predicted molar refractivity (Wildman–Crippen MR) is 68.8 cm³/mol. The third kappa shape index (κ3) is 2.76. The van der Waals surface area contributed by atoms with Gasteiger partial charge in [0.1, 0.15) is 5.69 Å². The SMILES string of the molecule is CCN(CC1CCC1)C(=O)c1cncc(NN)n1. The number of carbonyl (C=O) groups is 1. The van der Waals surface area contributed by atoms with E-state index in [4.69, 9.17) is 5.84 Å². The number of anilines is 1. The Morgan fingerprint density at radius 3 is 2.89 bits per heavy atom. The van der Waals surface area contributed by atoms with Crippen molar-refractivity contribution in [3.8, 4) is 0 Å². The van der Waals surface area contributed by atoms with Crippen molar-refractivity contribution in [2.75, 3.05) is 18.5 Å². The summed E-state index contributed by atoms with van der Waals surface area (Å²) >= 11 is 0. The number of rotatable bonds is 5. The molecule has 0 saturated heterocycles. The van der Waals surface area contributed by atoms with Gasteiger partial charge in [0.25, 0.3) is 5.91 Å². The molecule has 0 aliphatic heterocycles. The van der Waals surface area contributed by atoms with Crippen LogP contribution in [0.5, 0.6) is 0 Å². The van der Waals surface area contributed by atoms with Crippen LogP contribution < -0.4 is 11.3 Å². The number of nitrogens with one attached hydrogen (secondary N) is 1. The van der Waals surface area contributed by atoms with Gasteiger partial charge in [0.2, 0.25) is 0 Å². The molecule has 0 radical (unpaired) electrons. The quantitative estimate of drug-likeness (QED) is 0.601. The van der Waals surface area contributed by atoms with E-state index in [-0.39, 0.29) is 5.91 Å². The first-order chi connectivity index (χ1) is 8.74. The molecule has 1 fully saturated rings. The standard InChI is InChI=1S/C12H19N5O/c1-2-17(8-9-4-3-5-9)12(18)10-6-14-7-11(15-10)16-13/h6-7,9H,2-5,8,13H2,1H3,(H,15,16). The summed E-state index contributed by atoms with van der Waals surface area (Å²) in [6.45, 7) is 3.49. The second-order valence-electron chi connectivity index (χ2n) is 4.57.